The lowest BCUT2D eigenvalue weighted by Crippen LogP contribution is -2.50. The van der Waals surface area contributed by atoms with Crippen LogP contribution in [0.4, 0.5) is 15.5 Å². The van der Waals surface area contributed by atoms with Crippen LogP contribution in [0.5, 0.6) is 0 Å². The van der Waals surface area contributed by atoms with Gasteiger partial charge in [-0.1, -0.05) is 18.2 Å². The number of carbonyl (C=O) groups is 3. The molecule has 0 spiro atoms. The molecule has 0 fully saturated rings. The first kappa shape index (κ1) is 21.7. The van der Waals surface area contributed by atoms with E-state index in [0.717, 1.165) is 5.69 Å². The molecule has 2 rings (SSSR count). The van der Waals surface area contributed by atoms with Gasteiger partial charge in [0.05, 0.1) is 13.7 Å². The maximum atomic E-state index is 12.1. The number of ether oxygens (including phenoxy) is 2. The zero-order valence-electron chi connectivity index (χ0n) is 16.6. The average molecular weight is 406 g/mol. The van der Waals surface area contributed by atoms with Crippen molar-refractivity contribution < 1.29 is 33.1 Å². The molecular weight excluding hydrogens is 382 g/mol. The molecule has 0 aliphatic carbocycles. The minimum absolute atomic E-state index is 0.0843. The molecular formula is C18H24N5O6+. The summed E-state index contributed by atoms with van der Waals surface area (Å²) in [6, 6.07) is 7.36. The maximum absolute atomic E-state index is 12.1. The molecule has 3 N–H and O–H groups in total. The summed E-state index contributed by atoms with van der Waals surface area (Å²) in [7, 11) is 1.17. The van der Waals surface area contributed by atoms with Crippen LogP contribution in [0.15, 0.2) is 41.1 Å². The Hall–Kier alpha value is -3.63. The molecule has 0 aliphatic heterocycles. The molecule has 0 unspecified atom stereocenters. The number of aromatic nitrogens is 2. The normalized spacial score (nSPS) is 11.9. The lowest BCUT2D eigenvalue weighted by atomic mass is 10.2. The third kappa shape index (κ3) is 7.13. The summed E-state index contributed by atoms with van der Waals surface area (Å²) in [5.74, 6) is -0.654. The third-order valence-electron chi connectivity index (χ3n) is 3.37. The largest absolute Gasteiger partial charge is 0.467 e. The lowest BCUT2D eigenvalue weighted by Gasteiger charge is -2.22. The molecule has 29 heavy (non-hydrogen) atoms. The number of rotatable bonds is 6. The fraction of sp³-hybridized carbons (Fsp3) is 0.389. The monoisotopic (exact) mass is 406 g/mol. The minimum atomic E-state index is -1.13. The molecule has 0 saturated carbocycles. The van der Waals surface area contributed by atoms with E-state index < -0.39 is 29.7 Å². The van der Waals surface area contributed by atoms with E-state index in [1.807, 2.05) is 30.3 Å². The first-order valence-corrected chi connectivity index (χ1v) is 8.74. The van der Waals surface area contributed by atoms with Crippen molar-refractivity contribution in [2.45, 2.75) is 32.4 Å². The summed E-state index contributed by atoms with van der Waals surface area (Å²) in [5, 5.41) is 11.0. The number of carbonyl (C=O) groups excluding carboxylic acids is 3. The Bertz CT molecular complexity index is 846. The topological polar surface area (TPSA) is 136 Å². The summed E-state index contributed by atoms with van der Waals surface area (Å²) < 4.78 is 16.2. The smallest absolute Gasteiger partial charge is 0.408 e. The van der Waals surface area contributed by atoms with Crippen LogP contribution >= 0.6 is 0 Å². The van der Waals surface area contributed by atoms with Crippen LogP contribution in [0.3, 0.4) is 0 Å². The van der Waals surface area contributed by atoms with Gasteiger partial charge in [0.2, 0.25) is 11.0 Å². The molecule has 3 amide bonds. The number of nitrogens with zero attached hydrogens (tertiary/aromatic N) is 2. The summed E-state index contributed by atoms with van der Waals surface area (Å²) >= 11 is 0. The molecule has 1 heterocycles. The first-order valence-electron chi connectivity index (χ1n) is 8.74. The fourth-order valence-electron chi connectivity index (χ4n) is 2.14. The summed E-state index contributed by atoms with van der Waals surface area (Å²) in [5.41, 5.74) is 0.00714. The van der Waals surface area contributed by atoms with Crippen LogP contribution in [0.2, 0.25) is 0 Å². The number of esters is 1. The van der Waals surface area contributed by atoms with Crippen molar-refractivity contribution in [2.24, 2.45) is 0 Å². The van der Waals surface area contributed by atoms with Crippen molar-refractivity contribution in [3.8, 4) is 5.69 Å². The quantitative estimate of drug-likeness (QED) is 0.483. The van der Waals surface area contributed by atoms with Gasteiger partial charge in [0.15, 0.2) is 0 Å². The van der Waals surface area contributed by atoms with E-state index in [4.69, 9.17) is 9.26 Å². The Morgan fingerprint density at radius 3 is 2.52 bits per heavy atom. The van der Waals surface area contributed by atoms with Crippen LogP contribution in [-0.2, 0) is 14.3 Å². The highest BCUT2D eigenvalue weighted by molar-refractivity contribution is 5.88. The number of hydrogen-bond acceptors (Lipinski definition) is 7. The molecule has 0 bridgehead atoms. The van der Waals surface area contributed by atoms with E-state index in [0.29, 0.717) is 0 Å². The first-order chi connectivity index (χ1) is 13.7. The molecule has 1 aromatic heterocycles. The molecule has 0 saturated heterocycles. The van der Waals surface area contributed by atoms with Crippen LogP contribution < -0.4 is 20.6 Å². The van der Waals surface area contributed by atoms with Crippen molar-refractivity contribution in [2.75, 3.05) is 19.0 Å². The Kier molecular flexibility index (Phi) is 7.12. The Labute approximate surface area is 167 Å². The van der Waals surface area contributed by atoms with Gasteiger partial charge in [-0.3, -0.25) is 9.84 Å². The van der Waals surface area contributed by atoms with Gasteiger partial charge in [0.25, 0.3) is 6.20 Å². The number of nitrogens with one attached hydrogen (secondary N) is 3. The predicted octanol–water partition coefficient (Wildman–Crippen LogP) is 1.14. The van der Waals surface area contributed by atoms with E-state index in [9.17, 15) is 14.4 Å². The van der Waals surface area contributed by atoms with Crippen molar-refractivity contribution >= 4 is 24.0 Å². The number of urea groups is 1. The van der Waals surface area contributed by atoms with Crippen molar-refractivity contribution in [3.05, 3.63) is 36.5 Å². The zero-order chi connectivity index (χ0) is 21.4. The molecule has 11 heteroatoms. The minimum Gasteiger partial charge on any atom is -0.467 e. The Balaban J connectivity index is 1.90. The van der Waals surface area contributed by atoms with Crippen LogP contribution in [0.25, 0.3) is 5.69 Å². The number of benzene rings is 1. The summed E-state index contributed by atoms with van der Waals surface area (Å²) in [6.07, 6.45) is 0.667. The van der Waals surface area contributed by atoms with Crippen LogP contribution in [-0.4, -0.2) is 48.7 Å². The molecule has 11 nitrogen and oxygen atoms in total. The molecule has 0 aliphatic rings. The number of anilines is 1. The van der Waals surface area contributed by atoms with E-state index in [1.165, 1.54) is 18.0 Å². The van der Waals surface area contributed by atoms with E-state index >= 15 is 0 Å². The Morgan fingerprint density at radius 2 is 1.90 bits per heavy atom. The van der Waals surface area contributed by atoms with Crippen molar-refractivity contribution in [1.82, 2.24) is 15.9 Å². The van der Waals surface area contributed by atoms with Gasteiger partial charge < -0.3 is 20.1 Å². The predicted molar refractivity (Wildman–Crippen MR) is 100 cm³/mol. The maximum Gasteiger partial charge on any atom is 0.408 e. The Morgan fingerprint density at radius 1 is 1.21 bits per heavy atom. The average Bonchev–Trinajstić information content (AvgIpc) is 3.12. The van der Waals surface area contributed by atoms with Crippen molar-refractivity contribution in [3.63, 3.8) is 0 Å². The molecule has 0 radical (unpaired) electrons. The van der Waals surface area contributed by atoms with Gasteiger partial charge in [0.1, 0.15) is 11.6 Å². The van der Waals surface area contributed by atoms with Gasteiger partial charge in [-0.25, -0.2) is 14.4 Å². The summed E-state index contributed by atoms with van der Waals surface area (Å²) in [4.78, 5) is 35.8. The number of methoxy groups -OCH3 is 1. The zero-order valence-corrected chi connectivity index (χ0v) is 16.6. The third-order valence-corrected chi connectivity index (χ3v) is 3.37. The van der Waals surface area contributed by atoms with Gasteiger partial charge in [-0.05, 0) is 25.5 Å². The SMILES string of the molecule is COC(=O)[C@H](CNC(=O)Nc1c[n+](-c2ccccc2)no1)NC(=O)OC(C)(C)C. The van der Waals surface area contributed by atoms with E-state index in [-0.39, 0.29) is 12.4 Å². The number of amides is 3. The highest BCUT2D eigenvalue weighted by atomic mass is 16.6. The van der Waals surface area contributed by atoms with Gasteiger partial charge in [-0.15, -0.1) is 0 Å². The molecule has 156 valence electrons. The lowest BCUT2D eigenvalue weighted by molar-refractivity contribution is -0.670. The highest BCUT2D eigenvalue weighted by Crippen LogP contribution is 2.07. The second-order valence-electron chi connectivity index (χ2n) is 6.90. The molecule has 2 aromatic rings. The van der Waals surface area contributed by atoms with Gasteiger partial charge >= 0.3 is 24.0 Å². The van der Waals surface area contributed by atoms with E-state index in [2.05, 4.69) is 26.0 Å². The number of alkyl carbamates (subject to hydrolysis) is 1. The molecule has 1 atom stereocenters. The standard InChI is InChI=1S/C18H23N5O6/c1-18(2,3)28-17(26)20-13(15(24)27-4)10-19-16(25)21-14-11-23(22-29-14)12-8-6-5-7-9-12/h5-9,11,13H,10H2,1-4H3,(H2-,19,20,21,22,25,26)/p+1/t13-/m0/s1. The second-order valence-corrected chi connectivity index (χ2v) is 6.90. The number of para-hydroxylation sites is 1. The van der Waals surface area contributed by atoms with Gasteiger partial charge in [-0.2, -0.15) is 0 Å². The van der Waals surface area contributed by atoms with Crippen LogP contribution in [0, 0.1) is 0 Å². The fourth-order valence-corrected chi connectivity index (χ4v) is 2.14. The summed E-state index contributed by atoms with van der Waals surface area (Å²) in [6.45, 7) is 4.82. The van der Waals surface area contributed by atoms with Gasteiger partial charge in [0, 0.05) is 12.1 Å². The second kappa shape index (κ2) is 9.53. The van der Waals surface area contributed by atoms with Crippen LogP contribution in [0.1, 0.15) is 20.8 Å². The van der Waals surface area contributed by atoms with E-state index in [1.54, 1.807) is 20.8 Å². The highest BCUT2D eigenvalue weighted by Gasteiger charge is 2.26. The van der Waals surface area contributed by atoms with Crippen molar-refractivity contribution in [1.29, 1.82) is 0 Å². The molecule has 1 aromatic carbocycles. The number of hydrogen-bond donors (Lipinski definition) is 3.